The van der Waals surface area contributed by atoms with Crippen LogP contribution in [0.1, 0.15) is 18.4 Å². The average Bonchev–Trinajstić information content (AvgIpc) is 2.38. The maximum absolute atomic E-state index is 11.8. The molecule has 1 saturated heterocycles. The molecule has 1 amide bonds. The van der Waals surface area contributed by atoms with Crippen LogP contribution >= 0.6 is 0 Å². The lowest BCUT2D eigenvalue weighted by molar-refractivity contribution is -0.123. The number of carbonyl (C=O) groups is 1. The minimum absolute atomic E-state index is 0.0213. The fourth-order valence-corrected chi connectivity index (χ4v) is 2.23. The van der Waals surface area contributed by atoms with Crippen LogP contribution in [0, 0.1) is 0 Å². The zero-order valence-corrected chi connectivity index (χ0v) is 10.5. The van der Waals surface area contributed by atoms with Crippen molar-refractivity contribution in [2.24, 2.45) is 0 Å². The van der Waals surface area contributed by atoms with E-state index >= 15 is 0 Å². The van der Waals surface area contributed by atoms with Crippen LogP contribution in [0.15, 0.2) is 30.3 Å². The van der Waals surface area contributed by atoms with Crippen LogP contribution in [0.4, 0.5) is 0 Å². The number of β-amino-alcohol motifs (C(OH)–C–C–N with tert-alkyl or cyclic N) is 1. The van der Waals surface area contributed by atoms with Gasteiger partial charge >= 0.3 is 0 Å². The zero-order valence-electron chi connectivity index (χ0n) is 10.5. The normalized spacial score (nSPS) is 20.6. The molecule has 98 valence electrons. The molecule has 0 unspecified atom stereocenters. The van der Waals surface area contributed by atoms with E-state index in [1.54, 1.807) is 0 Å². The summed E-state index contributed by atoms with van der Waals surface area (Å²) in [6.45, 7) is 2.45. The maximum atomic E-state index is 11.8. The molecule has 0 saturated carbocycles. The number of benzene rings is 1. The minimum Gasteiger partial charge on any atom is -0.392 e. The van der Waals surface area contributed by atoms with E-state index in [0.29, 0.717) is 19.6 Å². The Labute approximate surface area is 108 Å². The zero-order chi connectivity index (χ0) is 12.8. The SMILES string of the molecule is O=C(CN1CCC[C@H](O)C1)NCc1ccccc1. The Morgan fingerprint density at radius 1 is 1.39 bits per heavy atom. The van der Waals surface area contributed by atoms with Gasteiger partial charge in [-0.1, -0.05) is 30.3 Å². The summed E-state index contributed by atoms with van der Waals surface area (Å²) in [6, 6.07) is 9.86. The molecule has 0 radical (unpaired) electrons. The van der Waals surface area contributed by atoms with Crippen LogP contribution in [0.25, 0.3) is 0 Å². The number of likely N-dealkylation sites (tertiary alicyclic amines) is 1. The van der Waals surface area contributed by atoms with Gasteiger partial charge in [-0.3, -0.25) is 9.69 Å². The molecule has 1 aliphatic rings. The molecular formula is C14H20N2O2. The summed E-state index contributed by atoms with van der Waals surface area (Å²) in [5.41, 5.74) is 1.10. The summed E-state index contributed by atoms with van der Waals surface area (Å²) in [5, 5.41) is 12.4. The monoisotopic (exact) mass is 248 g/mol. The Morgan fingerprint density at radius 3 is 2.89 bits per heavy atom. The Bertz CT molecular complexity index is 381. The van der Waals surface area contributed by atoms with Crippen LogP contribution in [0.3, 0.4) is 0 Å². The number of aliphatic hydroxyl groups excluding tert-OH is 1. The van der Waals surface area contributed by atoms with E-state index < -0.39 is 0 Å². The number of rotatable bonds is 4. The summed E-state index contributed by atoms with van der Waals surface area (Å²) in [7, 11) is 0. The summed E-state index contributed by atoms with van der Waals surface area (Å²) >= 11 is 0. The van der Waals surface area contributed by atoms with Crippen molar-refractivity contribution in [3.05, 3.63) is 35.9 Å². The second-order valence-electron chi connectivity index (χ2n) is 4.79. The van der Waals surface area contributed by atoms with Gasteiger partial charge in [0.15, 0.2) is 0 Å². The number of carbonyl (C=O) groups excluding carboxylic acids is 1. The van der Waals surface area contributed by atoms with E-state index in [1.165, 1.54) is 0 Å². The van der Waals surface area contributed by atoms with Gasteiger partial charge in [0, 0.05) is 13.1 Å². The van der Waals surface area contributed by atoms with Gasteiger partial charge in [0.05, 0.1) is 12.6 Å². The van der Waals surface area contributed by atoms with Gasteiger partial charge in [-0.05, 0) is 24.9 Å². The van der Waals surface area contributed by atoms with Crippen LogP contribution in [-0.2, 0) is 11.3 Å². The van der Waals surface area contributed by atoms with Crippen molar-refractivity contribution in [2.75, 3.05) is 19.6 Å². The van der Waals surface area contributed by atoms with Gasteiger partial charge in [0.25, 0.3) is 0 Å². The molecule has 1 fully saturated rings. The maximum Gasteiger partial charge on any atom is 0.234 e. The van der Waals surface area contributed by atoms with Crippen molar-refractivity contribution >= 4 is 5.91 Å². The molecule has 1 atom stereocenters. The van der Waals surface area contributed by atoms with Gasteiger partial charge in [0.1, 0.15) is 0 Å². The molecule has 1 aromatic carbocycles. The van der Waals surface area contributed by atoms with E-state index in [2.05, 4.69) is 5.32 Å². The first-order chi connectivity index (χ1) is 8.74. The number of amides is 1. The lowest BCUT2D eigenvalue weighted by Gasteiger charge is -2.29. The van der Waals surface area contributed by atoms with E-state index in [4.69, 9.17) is 0 Å². The van der Waals surface area contributed by atoms with Gasteiger partial charge in [-0.25, -0.2) is 0 Å². The number of hydrogen-bond donors (Lipinski definition) is 2. The van der Waals surface area contributed by atoms with Crippen molar-refractivity contribution in [2.45, 2.75) is 25.5 Å². The van der Waals surface area contributed by atoms with Crippen molar-refractivity contribution in [1.29, 1.82) is 0 Å². The minimum atomic E-state index is -0.277. The van der Waals surface area contributed by atoms with Crippen molar-refractivity contribution in [3.63, 3.8) is 0 Å². The summed E-state index contributed by atoms with van der Waals surface area (Å²) in [5.74, 6) is 0.0213. The first-order valence-corrected chi connectivity index (χ1v) is 6.45. The van der Waals surface area contributed by atoms with Crippen molar-refractivity contribution in [1.82, 2.24) is 10.2 Å². The topological polar surface area (TPSA) is 52.6 Å². The highest BCUT2D eigenvalue weighted by Crippen LogP contribution is 2.08. The van der Waals surface area contributed by atoms with E-state index in [0.717, 1.165) is 24.9 Å². The van der Waals surface area contributed by atoms with Gasteiger partial charge in [-0.2, -0.15) is 0 Å². The van der Waals surface area contributed by atoms with E-state index in [1.807, 2.05) is 35.2 Å². The molecule has 2 N–H and O–H groups in total. The predicted octanol–water partition coefficient (Wildman–Crippen LogP) is 0.760. The smallest absolute Gasteiger partial charge is 0.234 e. The van der Waals surface area contributed by atoms with Crippen LogP contribution < -0.4 is 5.32 Å². The second-order valence-corrected chi connectivity index (χ2v) is 4.79. The Morgan fingerprint density at radius 2 is 2.17 bits per heavy atom. The summed E-state index contributed by atoms with van der Waals surface area (Å²) < 4.78 is 0. The van der Waals surface area contributed by atoms with Gasteiger partial charge in [0.2, 0.25) is 5.91 Å². The number of aliphatic hydroxyl groups is 1. The summed E-state index contributed by atoms with van der Waals surface area (Å²) in [6.07, 6.45) is 1.54. The molecule has 0 aromatic heterocycles. The fourth-order valence-electron chi connectivity index (χ4n) is 2.23. The van der Waals surface area contributed by atoms with Crippen molar-refractivity contribution < 1.29 is 9.90 Å². The number of hydrogen-bond acceptors (Lipinski definition) is 3. The Kier molecular flexibility index (Phi) is 4.73. The van der Waals surface area contributed by atoms with Crippen LogP contribution in [0.5, 0.6) is 0 Å². The largest absolute Gasteiger partial charge is 0.392 e. The lowest BCUT2D eigenvalue weighted by atomic mass is 10.1. The first kappa shape index (κ1) is 13.1. The van der Waals surface area contributed by atoms with Gasteiger partial charge < -0.3 is 10.4 Å². The fraction of sp³-hybridized carbons (Fsp3) is 0.500. The molecule has 0 spiro atoms. The molecule has 1 heterocycles. The van der Waals surface area contributed by atoms with E-state index in [9.17, 15) is 9.90 Å². The van der Waals surface area contributed by atoms with E-state index in [-0.39, 0.29) is 12.0 Å². The molecule has 4 nitrogen and oxygen atoms in total. The second kappa shape index (κ2) is 6.52. The third-order valence-electron chi connectivity index (χ3n) is 3.18. The Hall–Kier alpha value is -1.39. The molecule has 1 aromatic rings. The third kappa shape index (κ3) is 4.13. The average molecular weight is 248 g/mol. The molecule has 4 heteroatoms. The standard InChI is InChI=1S/C14H20N2O2/c17-13-7-4-8-16(10-13)11-14(18)15-9-12-5-2-1-3-6-12/h1-3,5-6,13,17H,4,7-11H2,(H,15,18)/t13-/m0/s1. The highest BCUT2D eigenvalue weighted by molar-refractivity contribution is 5.78. The first-order valence-electron chi connectivity index (χ1n) is 6.45. The predicted molar refractivity (Wildman–Crippen MR) is 70.0 cm³/mol. The molecule has 1 aliphatic heterocycles. The number of nitrogens with zero attached hydrogens (tertiary/aromatic N) is 1. The summed E-state index contributed by atoms with van der Waals surface area (Å²) in [4.78, 5) is 13.8. The molecule has 18 heavy (non-hydrogen) atoms. The van der Waals surface area contributed by atoms with Crippen LogP contribution in [-0.4, -0.2) is 41.7 Å². The molecule has 0 aliphatic carbocycles. The third-order valence-corrected chi connectivity index (χ3v) is 3.18. The molecular weight excluding hydrogens is 228 g/mol. The highest BCUT2D eigenvalue weighted by Gasteiger charge is 2.19. The van der Waals surface area contributed by atoms with Crippen LogP contribution in [0.2, 0.25) is 0 Å². The number of piperidine rings is 1. The molecule has 2 rings (SSSR count). The van der Waals surface area contributed by atoms with Crippen molar-refractivity contribution in [3.8, 4) is 0 Å². The molecule has 0 bridgehead atoms. The quantitative estimate of drug-likeness (QED) is 0.827. The number of nitrogens with one attached hydrogen (secondary N) is 1. The highest BCUT2D eigenvalue weighted by atomic mass is 16.3. The van der Waals surface area contributed by atoms with Gasteiger partial charge in [-0.15, -0.1) is 0 Å². The lowest BCUT2D eigenvalue weighted by Crippen LogP contribution is -2.44. The Balaban J connectivity index is 1.72.